The molecule has 1 atom stereocenters. The lowest BCUT2D eigenvalue weighted by molar-refractivity contribution is 0.197. The van der Waals surface area contributed by atoms with Crippen LogP contribution in [0.4, 0.5) is 0 Å². The first-order valence-electron chi connectivity index (χ1n) is 7.75. The molecule has 0 unspecified atom stereocenters. The Morgan fingerprint density at radius 2 is 1.71 bits per heavy atom. The van der Waals surface area contributed by atoms with Crippen LogP contribution in [0.15, 0.2) is 54.6 Å². The monoisotopic (exact) mass is 281 g/mol. The summed E-state index contributed by atoms with van der Waals surface area (Å²) in [6.45, 7) is 2.34. The van der Waals surface area contributed by atoms with Gasteiger partial charge in [0.25, 0.3) is 0 Å². The molecule has 21 heavy (non-hydrogen) atoms. The molecule has 2 nitrogen and oxygen atoms in total. The van der Waals surface area contributed by atoms with E-state index >= 15 is 0 Å². The first-order valence-corrected chi connectivity index (χ1v) is 7.75. The van der Waals surface area contributed by atoms with Gasteiger partial charge in [0, 0.05) is 6.04 Å². The minimum atomic E-state index is 0.0500. The molecule has 1 saturated carbocycles. The number of nitrogens with one attached hydrogen (secondary N) is 1. The van der Waals surface area contributed by atoms with Crippen LogP contribution in [0.1, 0.15) is 41.5 Å². The molecule has 0 amide bonds. The minimum Gasteiger partial charge on any atom is -0.394 e. The van der Waals surface area contributed by atoms with Crippen LogP contribution in [-0.4, -0.2) is 17.8 Å². The molecule has 3 rings (SSSR count). The van der Waals surface area contributed by atoms with Crippen molar-refractivity contribution < 1.29 is 5.11 Å². The van der Waals surface area contributed by atoms with E-state index in [0.717, 1.165) is 12.8 Å². The summed E-state index contributed by atoms with van der Waals surface area (Å²) in [6.07, 6.45) is 2.32. The lowest BCUT2D eigenvalue weighted by atomic mass is 9.74. The molecule has 2 heteroatoms. The van der Waals surface area contributed by atoms with E-state index in [1.807, 2.05) is 18.2 Å². The summed E-state index contributed by atoms with van der Waals surface area (Å²) in [4.78, 5) is 0. The molecule has 0 saturated heterocycles. The third-order valence-corrected chi connectivity index (χ3v) is 4.59. The summed E-state index contributed by atoms with van der Waals surface area (Å²) in [5, 5.41) is 13.2. The topological polar surface area (TPSA) is 32.3 Å². The molecule has 0 heterocycles. The van der Waals surface area contributed by atoms with E-state index in [-0.39, 0.29) is 12.6 Å². The second-order valence-corrected chi connectivity index (χ2v) is 6.03. The molecule has 1 aliphatic carbocycles. The highest BCUT2D eigenvalue weighted by Crippen LogP contribution is 2.39. The Morgan fingerprint density at radius 1 is 1.05 bits per heavy atom. The summed E-state index contributed by atoms with van der Waals surface area (Å²) in [7, 11) is 0. The SMILES string of the molecule is Cc1ccccc1C1CC(N[C@@H](CO)c2ccccc2)C1. The molecule has 0 spiro atoms. The van der Waals surface area contributed by atoms with Gasteiger partial charge in [-0.3, -0.25) is 0 Å². The zero-order valence-corrected chi connectivity index (χ0v) is 12.5. The zero-order valence-electron chi connectivity index (χ0n) is 12.5. The van der Waals surface area contributed by atoms with Crippen molar-refractivity contribution in [2.75, 3.05) is 6.61 Å². The number of hydrogen-bond donors (Lipinski definition) is 2. The summed E-state index contributed by atoms with van der Waals surface area (Å²) >= 11 is 0. The Labute approximate surface area is 126 Å². The molecule has 0 bridgehead atoms. The molecule has 0 aliphatic heterocycles. The molecule has 1 fully saturated rings. The third-order valence-electron chi connectivity index (χ3n) is 4.59. The van der Waals surface area contributed by atoms with Crippen LogP contribution in [0.5, 0.6) is 0 Å². The van der Waals surface area contributed by atoms with Gasteiger partial charge in [0.1, 0.15) is 0 Å². The molecule has 0 aromatic heterocycles. The van der Waals surface area contributed by atoms with E-state index in [4.69, 9.17) is 0 Å². The van der Waals surface area contributed by atoms with Gasteiger partial charge in [0.15, 0.2) is 0 Å². The lowest BCUT2D eigenvalue weighted by Crippen LogP contribution is -2.43. The summed E-state index contributed by atoms with van der Waals surface area (Å²) in [6, 6.07) is 19.4. The fourth-order valence-electron chi connectivity index (χ4n) is 3.28. The van der Waals surface area contributed by atoms with E-state index < -0.39 is 0 Å². The number of hydrogen-bond acceptors (Lipinski definition) is 2. The van der Waals surface area contributed by atoms with Gasteiger partial charge < -0.3 is 10.4 Å². The van der Waals surface area contributed by atoms with Crippen LogP contribution in [0.25, 0.3) is 0 Å². The van der Waals surface area contributed by atoms with E-state index in [1.54, 1.807) is 0 Å². The molecule has 1 aliphatic rings. The Hall–Kier alpha value is -1.64. The van der Waals surface area contributed by atoms with E-state index in [9.17, 15) is 5.11 Å². The maximum Gasteiger partial charge on any atom is 0.0626 e. The maximum atomic E-state index is 9.61. The highest BCUT2D eigenvalue weighted by molar-refractivity contribution is 5.31. The molecule has 2 aromatic rings. The van der Waals surface area contributed by atoms with Crippen molar-refractivity contribution in [3.05, 3.63) is 71.3 Å². The molecular formula is C19H23NO. The minimum absolute atomic E-state index is 0.0500. The highest BCUT2D eigenvalue weighted by Gasteiger charge is 2.32. The number of rotatable bonds is 5. The average molecular weight is 281 g/mol. The van der Waals surface area contributed by atoms with E-state index in [2.05, 4.69) is 48.6 Å². The quantitative estimate of drug-likeness (QED) is 0.878. The molecule has 110 valence electrons. The van der Waals surface area contributed by atoms with Gasteiger partial charge in [-0.1, -0.05) is 54.6 Å². The van der Waals surface area contributed by atoms with Crippen molar-refractivity contribution in [1.29, 1.82) is 0 Å². The van der Waals surface area contributed by atoms with E-state index in [0.29, 0.717) is 12.0 Å². The van der Waals surface area contributed by atoms with Crippen LogP contribution >= 0.6 is 0 Å². The third kappa shape index (κ3) is 3.17. The van der Waals surface area contributed by atoms with Crippen molar-refractivity contribution >= 4 is 0 Å². The van der Waals surface area contributed by atoms with E-state index in [1.165, 1.54) is 16.7 Å². The molecule has 2 N–H and O–H groups in total. The fraction of sp³-hybridized carbons (Fsp3) is 0.368. The van der Waals surface area contributed by atoms with Gasteiger partial charge in [-0.05, 0) is 42.4 Å². The Balaban J connectivity index is 1.58. The second-order valence-electron chi connectivity index (χ2n) is 6.03. The summed E-state index contributed by atoms with van der Waals surface area (Å²) in [5.74, 6) is 0.666. The van der Waals surface area contributed by atoms with Crippen molar-refractivity contribution in [3.8, 4) is 0 Å². The Kier molecular flexibility index (Phi) is 4.37. The zero-order chi connectivity index (χ0) is 14.7. The van der Waals surface area contributed by atoms with Crippen LogP contribution in [0.2, 0.25) is 0 Å². The van der Waals surface area contributed by atoms with Crippen LogP contribution in [0.3, 0.4) is 0 Å². The van der Waals surface area contributed by atoms with Gasteiger partial charge in [0.05, 0.1) is 12.6 Å². The summed E-state index contributed by atoms with van der Waals surface area (Å²) in [5.41, 5.74) is 4.04. The predicted octanol–water partition coefficient (Wildman–Crippen LogP) is 3.56. The van der Waals surface area contributed by atoms with Gasteiger partial charge in [0.2, 0.25) is 0 Å². The highest BCUT2D eigenvalue weighted by atomic mass is 16.3. The number of aliphatic hydroxyl groups is 1. The van der Waals surface area contributed by atoms with Gasteiger partial charge in [-0.25, -0.2) is 0 Å². The number of aryl methyl sites for hydroxylation is 1. The standard InChI is InChI=1S/C19H23NO/c1-14-7-5-6-10-18(14)16-11-17(12-16)20-19(13-21)15-8-3-2-4-9-15/h2-10,16-17,19-21H,11-13H2,1H3/t16?,17?,19-/m0/s1. The van der Waals surface area contributed by atoms with Gasteiger partial charge in [-0.2, -0.15) is 0 Å². The smallest absolute Gasteiger partial charge is 0.0626 e. The normalized spacial score (nSPS) is 22.6. The number of aliphatic hydroxyl groups excluding tert-OH is 1. The Morgan fingerprint density at radius 3 is 2.38 bits per heavy atom. The maximum absolute atomic E-state index is 9.61. The van der Waals surface area contributed by atoms with Crippen molar-refractivity contribution in [2.24, 2.45) is 0 Å². The summed E-state index contributed by atoms with van der Waals surface area (Å²) < 4.78 is 0. The number of benzene rings is 2. The first-order chi connectivity index (χ1) is 10.3. The Bertz CT molecular complexity index is 575. The largest absolute Gasteiger partial charge is 0.394 e. The molecule has 2 aromatic carbocycles. The second kappa shape index (κ2) is 6.42. The van der Waals surface area contributed by atoms with Crippen LogP contribution < -0.4 is 5.32 Å². The fourth-order valence-corrected chi connectivity index (χ4v) is 3.28. The average Bonchev–Trinajstić information content (AvgIpc) is 2.48. The lowest BCUT2D eigenvalue weighted by Gasteiger charge is -2.39. The first kappa shape index (κ1) is 14.3. The predicted molar refractivity (Wildman–Crippen MR) is 86.3 cm³/mol. The van der Waals surface area contributed by atoms with Crippen molar-refractivity contribution in [1.82, 2.24) is 5.32 Å². The van der Waals surface area contributed by atoms with Gasteiger partial charge >= 0.3 is 0 Å². The van der Waals surface area contributed by atoms with Crippen LogP contribution in [0, 0.1) is 6.92 Å². The van der Waals surface area contributed by atoms with Crippen molar-refractivity contribution in [2.45, 2.75) is 37.8 Å². The molecule has 0 radical (unpaired) electrons. The van der Waals surface area contributed by atoms with Crippen molar-refractivity contribution in [3.63, 3.8) is 0 Å². The van der Waals surface area contributed by atoms with Gasteiger partial charge in [-0.15, -0.1) is 0 Å². The molecular weight excluding hydrogens is 258 g/mol. The van der Waals surface area contributed by atoms with Crippen LogP contribution in [-0.2, 0) is 0 Å².